The molecule has 0 unspecified atom stereocenters. The number of aromatic nitrogens is 2. The Labute approximate surface area is 130 Å². The Morgan fingerprint density at radius 1 is 1.27 bits per heavy atom. The first kappa shape index (κ1) is 16.2. The van der Waals surface area contributed by atoms with Gasteiger partial charge in [-0.15, -0.1) is 10.2 Å². The number of hydrogen-bond acceptors (Lipinski definition) is 5. The molecule has 3 N–H and O–H groups in total. The highest BCUT2D eigenvalue weighted by atomic mass is 16.1. The van der Waals surface area contributed by atoms with Crippen LogP contribution in [0.3, 0.4) is 0 Å². The summed E-state index contributed by atoms with van der Waals surface area (Å²) in [7, 11) is 0. The van der Waals surface area contributed by atoms with Gasteiger partial charge < -0.3 is 16.0 Å². The van der Waals surface area contributed by atoms with E-state index < -0.39 is 0 Å². The van der Waals surface area contributed by atoms with Gasteiger partial charge in [0.25, 0.3) is 5.91 Å². The second kappa shape index (κ2) is 7.17. The zero-order valence-electron chi connectivity index (χ0n) is 13.4. The number of nitrogens with zero attached hydrogens (tertiary/aromatic N) is 3. The Hall–Kier alpha value is -2.21. The van der Waals surface area contributed by atoms with E-state index in [9.17, 15) is 4.79 Å². The molecule has 0 radical (unpaired) electrons. The number of likely N-dealkylation sites (N-methyl/N-ethyl adjacent to an activating group) is 1. The number of fused-ring (bicyclic) bond motifs is 1. The smallest absolute Gasteiger partial charge is 0.274 e. The lowest BCUT2D eigenvalue weighted by Gasteiger charge is -2.18. The lowest BCUT2D eigenvalue weighted by atomic mass is 10.1. The van der Waals surface area contributed by atoms with Crippen molar-refractivity contribution in [3.8, 4) is 0 Å². The number of benzene rings is 1. The number of carbonyl (C=O) groups excluding carboxylic acids is 1. The number of rotatable bonds is 6. The van der Waals surface area contributed by atoms with E-state index in [-0.39, 0.29) is 11.6 Å². The fraction of sp³-hybridized carbons (Fsp3) is 0.438. The zero-order valence-corrected chi connectivity index (χ0v) is 13.4. The predicted octanol–water partition coefficient (Wildman–Crippen LogP) is 1.59. The van der Waals surface area contributed by atoms with Gasteiger partial charge in [-0.25, -0.2) is 0 Å². The Kier molecular flexibility index (Phi) is 5.27. The van der Waals surface area contributed by atoms with E-state index in [2.05, 4.69) is 34.3 Å². The molecule has 0 saturated heterocycles. The molecule has 118 valence electrons. The number of anilines is 1. The van der Waals surface area contributed by atoms with Crippen molar-refractivity contribution in [2.75, 3.05) is 31.9 Å². The fourth-order valence-corrected chi connectivity index (χ4v) is 2.36. The quantitative estimate of drug-likeness (QED) is 0.846. The molecule has 0 bridgehead atoms. The van der Waals surface area contributed by atoms with Gasteiger partial charge in [0.05, 0.1) is 11.2 Å². The van der Waals surface area contributed by atoms with Crippen molar-refractivity contribution in [1.82, 2.24) is 20.4 Å². The Balaban J connectivity index is 2.13. The summed E-state index contributed by atoms with van der Waals surface area (Å²) in [6.45, 7) is 9.46. The molecule has 0 aliphatic rings. The Bertz CT molecular complexity index is 667. The van der Waals surface area contributed by atoms with Gasteiger partial charge in [0.15, 0.2) is 5.69 Å². The fourth-order valence-electron chi connectivity index (χ4n) is 2.36. The van der Waals surface area contributed by atoms with Gasteiger partial charge in [0.2, 0.25) is 0 Å². The van der Waals surface area contributed by atoms with Crippen LogP contribution in [0.5, 0.6) is 0 Å². The van der Waals surface area contributed by atoms with E-state index in [0.717, 1.165) is 30.6 Å². The second-order valence-electron chi connectivity index (χ2n) is 5.27. The number of amides is 1. The highest BCUT2D eigenvalue weighted by Crippen LogP contribution is 2.22. The standard InChI is InChI=1S/C16H23N5O/c1-4-21(5-2)9-8-18-16(22)15-14(17)12-10-11(3)6-7-13(12)19-20-15/h6-7,10H,4-5,8-9H2,1-3H3,(H2,17,19)(H,18,22). The number of nitrogen functional groups attached to an aromatic ring is 1. The summed E-state index contributed by atoms with van der Waals surface area (Å²) in [5.41, 5.74) is 8.44. The first-order valence-electron chi connectivity index (χ1n) is 7.59. The molecule has 0 fully saturated rings. The van der Waals surface area contributed by atoms with Crippen LogP contribution in [0.15, 0.2) is 18.2 Å². The van der Waals surface area contributed by atoms with Gasteiger partial charge in [0.1, 0.15) is 0 Å². The van der Waals surface area contributed by atoms with Gasteiger partial charge in [-0.1, -0.05) is 25.5 Å². The molecule has 2 aromatic rings. The molecule has 0 aliphatic heterocycles. The summed E-state index contributed by atoms with van der Waals surface area (Å²) in [6, 6.07) is 5.72. The van der Waals surface area contributed by atoms with E-state index in [0.29, 0.717) is 17.7 Å². The number of nitrogens with two attached hydrogens (primary N) is 1. The topological polar surface area (TPSA) is 84.1 Å². The summed E-state index contributed by atoms with van der Waals surface area (Å²) >= 11 is 0. The molecule has 0 aliphatic carbocycles. The molecule has 0 atom stereocenters. The van der Waals surface area contributed by atoms with E-state index >= 15 is 0 Å². The summed E-state index contributed by atoms with van der Waals surface area (Å²) in [4.78, 5) is 14.5. The van der Waals surface area contributed by atoms with Gasteiger partial charge in [-0.05, 0) is 32.1 Å². The molecule has 1 aromatic carbocycles. The maximum atomic E-state index is 12.2. The van der Waals surface area contributed by atoms with Gasteiger partial charge >= 0.3 is 0 Å². The molecular weight excluding hydrogens is 278 g/mol. The molecule has 0 saturated carbocycles. The Morgan fingerprint density at radius 3 is 2.68 bits per heavy atom. The van der Waals surface area contributed by atoms with Crippen LogP contribution in [0.4, 0.5) is 5.69 Å². The third-order valence-electron chi connectivity index (χ3n) is 3.78. The number of aryl methyl sites for hydroxylation is 1. The Morgan fingerprint density at radius 2 is 2.00 bits per heavy atom. The normalized spacial score (nSPS) is 11.1. The maximum Gasteiger partial charge on any atom is 0.274 e. The van der Waals surface area contributed by atoms with Crippen LogP contribution >= 0.6 is 0 Å². The lowest BCUT2D eigenvalue weighted by molar-refractivity contribution is 0.0944. The van der Waals surface area contributed by atoms with Crippen molar-refractivity contribution in [3.05, 3.63) is 29.5 Å². The molecule has 22 heavy (non-hydrogen) atoms. The van der Waals surface area contributed by atoms with Gasteiger partial charge in [-0.2, -0.15) is 0 Å². The van der Waals surface area contributed by atoms with Gasteiger partial charge in [-0.3, -0.25) is 4.79 Å². The van der Waals surface area contributed by atoms with Crippen LogP contribution < -0.4 is 11.1 Å². The average molecular weight is 301 g/mol. The van der Waals surface area contributed by atoms with E-state index in [1.807, 2.05) is 25.1 Å². The largest absolute Gasteiger partial charge is 0.396 e. The van der Waals surface area contributed by atoms with Crippen molar-refractivity contribution < 1.29 is 4.79 Å². The lowest BCUT2D eigenvalue weighted by Crippen LogP contribution is -2.35. The van der Waals surface area contributed by atoms with Crippen LogP contribution in [0.2, 0.25) is 0 Å². The first-order valence-corrected chi connectivity index (χ1v) is 7.59. The molecule has 6 heteroatoms. The average Bonchev–Trinajstić information content (AvgIpc) is 2.52. The van der Waals surface area contributed by atoms with Crippen LogP contribution in [-0.4, -0.2) is 47.2 Å². The zero-order chi connectivity index (χ0) is 16.1. The molecule has 2 rings (SSSR count). The molecule has 6 nitrogen and oxygen atoms in total. The monoisotopic (exact) mass is 301 g/mol. The van der Waals surface area contributed by atoms with Crippen LogP contribution in [0.25, 0.3) is 10.9 Å². The van der Waals surface area contributed by atoms with Crippen LogP contribution in [-0.2, 0) is 0 Å². The molecule has 1 heterocycles. The molecule has 1 amide bonds. The van der Waals surface area contributed by atoms with E-state index in [4.69, 9.17) is 5.73 Å². The molecule has 0 spiro atoms. The van der Waals surface area contributed by atoms with Crippen LogP contribution in [0.1, 0.15) is 29.9 Å². The summed E-state index contributed by atoms with van der Waals surface area (Å²) in [5.74, 6) is -0.277. The highest BCUT2D eigenvalue weighted by Gasteiger charge is 2.15. The summed E-state index contributed by atoms with van der Waals surface area (Å²) in [5, 5.41) is 11.7. The minimum Gasteiger partial charge on any atom is -0.396 e. The minimum atomic E-state index is -0.277. The second-order valence-corrected chi connectivity index (χ2v) is 5.27. The molecule has 1 aromatic heterocycles. The van der Waals surface area contributed by atoms with Crippen molar-refractivity contribution in [2.24, 2.45) is 0 Å². The number of nitrogens with one attached hydrogen (secondary N) is 1. The van der Waals surface area contributed by atoms with Crippen molar-refractivity contribution in [1.29, 1.82) is 0 Å². The van der Waals surface area contributed by atoms with Crippen molar-refractivity contribution >= 4 is 22.5 Å². The summed E-state index contributed by atoms with van der Waals surface area (Å²) < 4.78 is 0. The van der Waals surface area contributed by atoms with Crippen molar-refractivity contribution in [3.63, 3.8) is 0 Å². The third-order valence-corrected chi connectivity index (χ3v) is 3.78. The number of hydrogen-bond donors (Lipinski definition) is 2. The maximum absolute atomic E-state index is 12.2. The first-order chi connectivity index (χ1) is 10.6. The minimum absolute atomic E-state index is 0.192. The van der Waals surface area contributed by atoms with Gasteiger partial charge in [0, 0.05) is 18.5 Å². The van der Waals surface area contributed by atoms with E-state index in [1.165, 1.54) is 0 Å². The molecular formula is C16H23N5O. The SMILES string of the molecule is CCN(CC)CCNC(=O)c1nnc2ccc(C)cc2c1N. The third kappa shape index (κ3) is 3.51. The summed E-state index contributed by atoms with van der Waals surface area (Å²) in [6.07, 6.45) is 0. The van der Waals surface area contributed by atoms with E-state index in [1.54, 1.807) is 0 Å². The predicted molar refractivity (Wildman–Crippen MR) is 88.8 cm³/mol. The highest BCUT2D eigenvalue weighted by molar-refractivity contribution is 6.04. The number of carbonyl (C=O) groups is 1. The van der Waals surface area contributed by atoms with Crippen LogP contribution in [0, 0.1) is 6.92 Å². The van der Waals surface area contributed by atoms with Crippen molar-refractivity contribution in [2.45, 2.75) is 20.8 Å².